The summed E-state index contributed by atoms with van der Waals surface area (Å²) in [4.78, 5) is 22.2. The smallest absolute Gasteiger partial charge is 0.262 e. The van der Waals surface area contributed by atoms with E-state index in [-0.39, 0.29) is 11.7 Å². The molecule has 4 aromatic rings. The molecule has 0 amide bonds. The van der Waals surface area contributed by atoms with Gasteiger partial charge in [0.05, 0.1) is 29.0 Å². The number of nitrogens with zero attached hydrogens (tertiary/aromatic N) is 3. The van der Waals surface area contributed by atoms with Crippen molar-refractivity contribution in [2.24, 2.45) is 0 Å². The van der Waals surface area contributed by atoms with Crippen LogP contribution < -0.4 is 5.56 Å². The number of para-hydroxylation sites is 1. The lowest BCUT2D eigenvalue weighted by Crippen LogP contribution is -2.24. The Bertz CT molecular complexity index is 1200. The third-order valence-corrected chi connectivity index (χ3v) is 5.70. The zero-order valence-electron chi connectivity index (χ0n) is 17.7. The van der Waals surface area contributed by atoms with Gasteiger partial charge in [-0.25, -0.2) is 9.97 Å². The van der Waals surface area contributed by atoms with Crippen molar-refractivity contribution >= 4 is 22.7 Å². The molecular formula is C24H25N3O3S. The standard InChI is InChI=1S/C24H25N3O3S/c1-17(2)29-14-8-13-27-23(28)19-11-6-7-12-20(19)26-24(27)31-16-22-25-15-21(30-22)18-9-4-3-5-10-18/h3-7,9-12,15,17H,8,13-14,16H2,1-2H3. The van der Waals surface area contributed by atoms with Crippen LogP contribution in [-0.2, 0) is 17.0 Å². The number of rotatable bonds is 9. The van der Waals surface area contributed by atoms with Crippen molar-refractivity contribution in [2.75, 3.05) is 6.61 Å². The SMILES string of the molecule is CC(C)OCCCn1c(SCc2ncc(-c3ccccc3)o2)nc2ccccc2c1=O. The molecule has 0 spiro atoms. The maximum absolute atomic E-state index is 13.1. The summed E-state index contributed by atoms with van der Waals surface area (Å²) in [5, 5.41) is 1.28. The highest BCUT2D eigenvalue weighted by atomic mass is 32.2. The van der Waals surface area contributed by atoms with E-state index in [1.807, 2.05) is 68.4 Å². The van der Waals surface area contributed by atoms with Crippen molar-refractivity contribution in [1.82, 2.24) is 14.5 Å². The highest BCUT2D eigenvalue weighted by Gasteiger charge is 2.14. The van der Waals surface area contributed by atoms with E-state index in [0.717, 1.165) is 17.7 Å². The Hall–Kier alpha value is -2.90. The van der Waals surface area contributed by atoms with E-state index in [1.54, 1.807) is 10.8 Å². The van der Waals surface area contributed by atoms with Gasteiger partial charge in [-0.15, -0.1) is 0 Å². The number of benzene rings is 2. The van der Waals surface area contributed by atoms with Crippen LogP contribution in [0.2, 0.25) is 0 Å². The maximum atomic E-state index is 13.1. The fourth-order valence-electron chi connectivity index (χ4n) is 3.24. The predicted octanol–water partition coefficient (Wildman–Crippen LogP) is 5.16. The zero-order valence-corrected chi connectivity index (χ0v) is 18.5. The number of oxazole rings is 1. The summed E-state index contributed by atoms with van der Waals surface area (Å²) in [7, 11) is 0. The summed E-state index contributed by atoms with van der Waals surface area (Å²) in [6, 6.07) is 17.3. The minimum atomic E-state index is -0.0324. The van der Waals surface area contributed by atoms with Gasteiger partial charge in [-0.05, 0) is 32.4 Å². The van der Waals surface area contributed by atoms with E-state index in [0.29, 0.717) is 40.9 Å². The van der Waals surface area contributed by atoms with Gasteiger partial charge in [0.15, 0.2) is 10.9 Å². The molecule has 7 heteroatoms. The second kappa shape index (κ2) is 9.94. The molecule has 31 heavy (non-hydrogen) atoms. The fourth-order valence-corrected chi connectivity index (χ4v) is 4.11. The molecule has 0 bridgehead atoms. The molecular weight excluding hydrogens is 410 g/mol. The summed E-state index contributed by atoms with van der Waals surface area (Å²) in [6.07, 6.45) is 2.64. The van der Waals surface area contributed by atoms with Crippen molar-refractivity contribution in [2.45, 2.75) is 43.8 Å². The molecule has 0 aliphatic rings. The van der Waals surface area contributed by atoms with Gasteiger partial charge in [0, 0.05) is 18.7 Å². The summed E-state index contributed by atoms with van der Waals surface area (Å²) in [6.45, 7) is 5.16. The Morgan fingerprint density at radius 2 is 1.87 bits per heavy atom. The molecule has 160 valence electrons. The minimum Gasteiger partial charge on any atom is -0.440 e. The number of thioether (sulfide) groups is 1. The number of ether oxygens (including phenoxy) is 1. The third-order valence-electron chi connectivity index (χ3n) is 4.74. The summed E-state index contributed by atoms with van der Waals surface area (Å²) < 4.78 is 13.3. The zero-order chi connectivity index (χ0) is 21.6. The first-order valence-corrected chi connectivity index (χ1v) is 11.3. The molecule has 0 aliphatic heterocycles. The van der Waals surface area contributed by atoms with Crippen molar-refractivity contribution in [3.63, 3.8) is 0 Å². The molecule has 0 radical (unpaired) electrons. The maximum Gasteiger partial charge on any atom is 0.262 e. The number of fused-ring (bicyclic) bond motifs is 1. The monoisotopic (exact) mass is 435 g/mol. The fraction of sp³-hybridized carbons (Fsp3) is 0.292. The van der Waals surface area contributed by atoms with Crippen LogP contribution in [0.1, 0.15) is 26.2 Å². The predicted molar refractivity (Wildman–Crippen MR) is 123 cm³/mol. The first kappa shape index (κ1) is 21.3. The van der Waals surface area contributed by atoms with Crippen LogP contribution in [0.25, 0.3) is 22.2 Å². The van der Waals surface area contributed by atoms with Gasteiger partial charge in [0.2, 0.25) is 5.89 Å². The van der Waals surface area contributed by atoms with E-state index in [2.05, 4.69) is 4.98 Å². The molecule has 2 aromatic heterocycles. The van der Waals surface area contributed by atoms with Gasteiger partial charge in [0.1, 0.15) is 0 Å². The highest BCUT2D eigenvalue weighted by molar-refractivity contribution is 7.98. The molecule has 4 rings (SSSR count). The molecule has 0 atom stereocenters. The number of aromatic nitrogens is 3. The molecule has 0 aliphatic carbocycles. The summed E-state index contributed by atoms with van der Waals surface area (Å²) in [5.74, 6) is 1.81. The molecule has 0 N–H and O–H groups in total. The molecule has 0 saturated carbocycles. The molecule has 0 unspecified atom stereocenters. The molecule has 6 nitrogen and oxygen atoms in total. The molecule has 0 fully saturated rings. The summed E-state index contributed by atoms with van der Waals surface area (Å²) in [5.41, 5.74) is 1.65. The van der Waals surface area contributed by atoms with Gasteiger partial charge in [-0.3, -0.25) is 9.36 Å². The Morgan fingerprint density at radius 1 is 1.10 bits per heavy atom. The number of hydrogen-bond donors (Lipinski definition) is 0. The van der Waals surface area contributed by atoms with Gasteiger partial charge < -0.3 is 9.15 Å². The van der Waals surface area contributed by atoms with Crippen molar-refractivity contribution < 1.29 is 9.15 Å². The minimum absolute atomic E-state index is 0.0324. The van der Waals surface area contributed by atoms with E-state index in [1.165, 1.54) is 11.8 Å². The van der Waals surface area contributed by atoms with Crippen molar-refractivity contribution in [1.29, 1.82) is 0 Å². The van der Waals surface area contributed by atoms with Gasteiger partial charge >= 0.3 is 0 Å². The van der Waals surface area contributed by atoms with Crippen LogP contribution in [0.3, 0.4) is 0 Å². The lowest BCUT2D eigenvalue weighted by molar-refractivity contribution is 0.0743. The van der Waals surface area contributed by atoms with Crippen LogP contribution in [0.4, 0.5) is 0 Å². The van der Waals surface area contributed by atoms with Gasteiger partial charge in [-0.2, -0.15) is 0 Å². The van der Waals surface area contributed by atoms with Crippen molar-refractivity contribution in [3.05, 3.63) is 77.0 Å². The summed E-state index contributed by atoms with van der Waals surface area (Å²) >= 11 is 1.46. The van der Waals surface area contributed by atoms with Crippen LogP contribution >= 0.6 is 11.8 Å². The third kappa shape index (κ3) is 5.24. The van der Waals surface area contributed by atoms with Crippen LogP contribution in [0.15, 0.2) is 75.2 Å². The average Bonchev–Trinajstić information content (AvgIpc) is 3.26. The Morgan fingerprint density at radius 3 is 2.68 bits per heavy atom. The van der Waals surface area contributed by atoms with Crippen LogP contribution in [0.5, 0.6) is 0 Å². The first-order valence-electron chi connectivity index (χ1n) is 10.4. The second-order valence-electron chi connectivity index (χ2n) is 7.41. The van der Waals surface area contributed by atoms with Gasteiger partial charge in [-0.1, -0.05) is 54.2 Å². The highest BCUT2D eigenvalue weighted by Crippen LogP contribution is 2.25. The first-order chi connectivity index (χ1) is 15.1. The molecule has 2 aromatic carbocycles. The largest absolute Gasteiger partial charge is 0.440 e. The quantitative estimate of drug-likeness (QED) is 0.205. The number of hydrogen-bond acceptors (Lipinski definition) is 6. The van der Waals surface area contributed by atoms with E-state index in [4.69, 9.17) is 14.1 Å². The normalized spacial score (nSPS) is 11.5. The van der Waals surface area contributed by atoms with Crippen LogP contribution in [0, 0.1) is 0 Å². The van der Waals surface area contributed by atoms with Gasteiger partial charge in [0.25, 0.3) is 5.56 Å². The van der Waals surface area contributed by atoms with E-state index < -0.39 is 0 Å². The average molecular weight is 436 g/mol. The van der Waals surface area contributed by atoms with E-state index in [9.17, 15) is 4.79 Å². The Labute approximate surface area is 185 Å². The Kier molecular flexibility index (Phi) is 6.84. The molecule has 2 heterocycles. The lowest BCUT2D eigenvalue weighted by Gasteiger charge is -2.13. The Balaban J connectivity index is 1.55. The lowest BCUT2D eigenvalue weighted by atomic mass is 10.2. The molecule has 0 saturated heterocycles. The second-order valence-corrected chi connectivity index (χ2v) is 8.36. The van der Waals surface area contributed by atoms with Crippen LogP contribution in [-0.4, -0.2) is 27.2 Å². The van der Waals surface area contributed by atoms with Crippen molar-refractivity contribution in [3.8, 4) is 11.3 Å². The van der Waals surface area contributed by atoms with E-state index >= 15 is 0 Å². The topological polar surface area (TPSA) is 70.2 Å².